The number of rotatable bonds is 2. The third-order valence-corrected chi connectivity index (χ3v) is 2.13. The summed E-state index contributed by atoms with van der Waals surface area (Å²) in [4.78, 5) is 0. The lowest BCUT2D eigenvalue weighted by molar-refractivity contribution is 0.111. The first kappa shape index (κ1) is 10.1. The monoisotopic (exact) mass is 194 g/mol. The first-order valence-corrected chi connectivity index (χ1v) is 4.30. The van der Waals surface area contributed by atoms with Gasteiger partial charge in [0.25, 0.3) is 0 Å². The van der Waals surface area contributed by atoms with Crippen molar-refractivity contribution in [3.05, 3.63) is 53.2 Å². The Hall–Kier alpha value is -1.01. The van der Waals surface area contributed by atoms with E-state index < -0.39 is 5.60 Å². The Bertz CT molecular complexity index is 349. The molecule has 0 bridgehead atoms. The molecule has 0 spiro atoms. The molecule has 13 heavy (non-hydrogen) atoms. The minimum atomic E-state index is -1.10. The van der Waals surface area contributed by atoms with Crippen molar-refractivity contribution in [2.24, 2.45) is 0 Å². The summed E-state index contributed by atoms with van der Waals surface area (Å²) < 4.78 is 0. The number of hydrogen-bond acceptors (Lipinski definition) is 1. The Kier molecular flexibility index (Phi) is 2.94. The van der Waals surface area contributed by atoms with E-state index in [4.69, 9.17) is 11.6 Å². The molecule has 2 heteroatoms. The van der Waals surface area contributed by atoms with Gasteiger partial charge in [-0.2, -0.15) is 0 Å². The number of aliphatic hydroxyl groups is 1. The van der Waals surface area contributed by atoms with Crippen LogP contribution in [0.5, 0.6) is 0 Å². The number of hydrogen-bond donors (Lipinski definition) is 1. The van der Waals surface area contributed by atoms with E-state index >= 15 is 0 Å². The average molecular weight is 195 g/mol. The van der Waals surface area contributed by atoms with Crippen LogP contribution in [0.25, 0.3) is 0 Å². The highest BCUT2D eigenvalue weighted by Gasteiger charge is 2.21. The summed E-state index contributed by atoms with van der Waals surface area (Å²) in [7, 11) is 0. The predicted molar refractivity (Wildman–Crippen MR) is 54.7 cm³/mol. The van der Waals surface area contributed by atoms with Crippen molar-refractivity contribution < 1.29 is 5.11 Å². The van der Waals surface area contributed by atoms with E-state index in [2.05, 4.69) is 12.3 Å². The minimum absolute atomic E-state index is 0.541. The van der Waals surface area contributed by atoms with Gasteiger partial charge in [-0.05, 0) is 19.1 Å². The summed E-state index contributed by atoms with van der Waals surface area (Å²) in [6.45, 7) is 5.06. The summed E-state index contributed by atoms with van der Waals surface area (Å²) in [5, 5.41) is 10.5. The zero-order chi connectivity index (χ0) is 9.90. The van der Waals surface area contributed by atoms with Gasteiger partial charge >= 0.3 is 0 Å². The van der Waals surface area contributed by atoms with Gasteiger partial charge in [-0.15, -0.1) is 5.73 Å². The fourth-order valence-corrected chi connectivity index (χ4v) is 1.48. The zero-order valence-electron chi connectivity index (χ0n) is 7.42. The van der Waals surface area contributed by atoms with E-state index in [-0.39, 0.29) is 0 Å². The quantitative estimate of drug-likeness (QED) is 0.718. The highest BCUT2D eigenvalue weighted by atomic mass is 35.5. The Balaban J connectivity index is 3.21. The molecular formula is C11H11ClO. The van der Waals surface area contributed by atoms with Crippen LogP contribution >= 0.6 is 11.6 Å². The van der Waals surface area contributed by atoms with E-state index in [9.17, 15) is 5.11 Å². The molecule has 0 fully saturated rings. The topological polar surface area (TPSA) is 20.2 Å². The molecule has 1 nitrogen and oxygen atoms in total. The van der Waals surface area contributed by atoms with E-state index in [1.54, 1.807) is 19.1 Å². The largest absolute Gasteiger partial charge is 0.381 e. The minimum Gasteiger partial charge on any atom is -0.381 e. The van der Waals surface area contributed by atoms with Gasteiger partial charge in [0.1, 0.15) is 5.60 Å². The second-order valence-electron chi connectivity index (χ2n) is 2.98. The Morgan fingerprint density at radius 2 is 2.15 bits per heavy atom. The molecule has 0 aliphatic carbocycles. The van der Waals surface area contributed by atoms with Gasteiger partial charge in [0.15, 0.2) is 0 Å². The number of halogens is 1. The van der Waals surface area contributed by atoms with Gasteiger partial charge in [0, 0.05) is 10.6 Å². The molecule has 1 atom stereocenters. The molecule has 0 aliphatic heterocycles. The normalized spacial score (nSPS) is 14.4. The molecule has 0 aliphatic rings. The van der Waals surface area contributed by atoms with E-state index in [0.717, 1.165) is 0 Å². The van der Waals surface area contributed by atoms with Crippen molar-refractivity contribution in [3.8, 4) is 0 Å². The zero-order valence-corrected chi connectivity index (χ0v) is 8.17. The van der Waals surface area contributed by atoms with Crippen LogP contribution in [0.15, 0.2) is 42.7 Å². The molecule has 1 unspecified atom stereocenters. The highest BCUT2D eigenvalue weighted by molar-refractivity contribution is 6.31. The van der Waals surface area contributed by atoms with Crippen LogP contribution < -0.4 is 0 Å². The van der Waals surface area contributed by atoms with Crippen LogP contribution in [-0.2, 0) is 5.60 Å². The molecule has 0 aromatic heterocycles. The van der Waals surface area contributed by atoms with E-state index in [1.165, 1.54) is 6.08 Å². The van der Waals surface area contributed by atoms with Crippen LogP contribution in [0.4, 0.5) is 0 Å². The molecule has 1 N–H and O–H groups in total. The van der Waals surface area contributed by atoms with Gasteiger partial charge in [-0.3, -0.25) is 0 Å². The molecule has 0 saturated heterocycles. The van der Waals surface area contributed by atoms with Crippen molar-refractivity contribution in [1.82, 2.24) is 0 Å². The van der Waals surface area contributed by atoms with Crippen LogP contribution in [0, 0.1) is 0 Å². The van der Waals surface area contributed by atoms with Crippen molar-refractivity contribution in [1.29, 1.82) is 0 Å². The van der Waals surface area contributed by atoms with Gasteiger partial charge < -0.3 is 5.11 Å². The first-order valence-electron chi connectivity index (χ1n) is 3.92. The SMILES string of the molecule is C=C=CC(C)(O)c1ccccc1Cl. The summed E-state index contributed by atoms with van der Waals surface area (Å²) >= 11 is 5.92. The fraction of sp³-hybridized carbons (Fsp3) is 0.182. The first-order chi connectivity index (χ1) is 6.08. The molecule has 68 valence electrons. The van der Waals surface area contributed by atoms with Crippen LogP contribution in [0.3, 0.4) is 0 Å². The lowest BCUT2D eigenvalue weighted by Gasteiger charge is -2.19. The van der Waals surface area contributed by atoms with Crippen molar-refractivity contribution >= 4 is 11.6 Å². The maximum absolute atomic E-state index is 9.92. The van der Waals surface area contributed by atoms with Crippen LogP contribution in [0.2, 0.25) is 5.02 Å². The Morgan fingerprint density at radius 3 is 2.69 bits per heavy atom. The van der Waals surface area contributed by atoms with Crippen molar-refractivity contribution in [2.75, 3.05) is 0 Å². The van der Waals surface area contributed by atoms with Gasteiger partial charge in [0.2, 0.25) is 0 Å². The maximum Gasteiger partial charge on any atom is 0.114 e. The lowest BCUT2D eigenvalue weighted by atomic mass is 9.96. The van der Waals surface area contributed by atoms with Gasteiger partial charge in [-0.25, -0.2) is 0 Å². The molecule has 1 rings (SSSR count). The second kappa shape index (κ2) is 3.80. The fourth-order valence-electron chi connectivity index (χ4n) is 1.15. The predicted octanol–water partition coefficient (Wildman–Crippen LogP) is 2.89. The molecule has 1 aromatic rings. The average Bonchev–Trinajstić information content (AvgIpc) is 2.04. The standard InChI is InChI=1S/C11H11ClO/c1-3-8-11(2,13)9-6-4-5-7-10(9)12/h4-8,13H,1H2,2H3. The Morgan fingerprint density at radius 1 is 1.54 bits per heavy atom. The molecule has 1 aromatic carbocycles. The smallest absolute Gasteiger partial charge is 0.114 e. The van der Waals surface area contributed by atoms with Crippen molar-refractivity contribution in [2.45, 2.75) is 12.5 Å². The summed E-state index contributed by atoms with van der Waals surface area (Å²) in [6.07, 6.45) is 1.48. The summed E-state index contributed by atoms with van der Waals surface area (Å²) in [5.41, 5.74) is 2.11. The molecule has 0 saturated carbocycles. The van der Waals surface area contributed by atoms with Crippen LogP contribution in [-0.4, -0.2) is 5.11 Å². The van der Waals surface area contributed by atoms with E-state index in [0.29, 0.717) is 10.6 Å². The third-order valence-electron chi connectivity index (χ3n) is 1.80. The van der Waals surface area contributed by atoms with Crippen molar-refractivity contribution in [3.63, 3.8) is 0 Å². The lowest BCUT2D eigenvalue weighted by Crippen LogP contribution is -2.17. The number of benzene rings is 1. The highest BCUT2D eigenvalue weighted by Crippen LogP contribution is 2.28. The van der Waals surface area contributed by atoms with Gasteiger partial charge in [-0.1, -0.05) is 36.4 Å². The van der Waals surface area contributed by atoms with Gasteiger partial charge in [0.05, 0.1) is 0 Å². The Labute approximate surface area is 83.0 Å². The molecular weight excluding hydrogens is 184 g/mol. The summed E-state index contributed by atoms with van der Waals surface area (Å²) in [5.74, 6) is 0. The summed E-state index contributed by atoms with van der Waals surface area (Å²) in [6, 6.07) is 7.16. The third kappa shape index (κ3) is 2.22. The second-order valence-corrected chi connectivity index (χ2v) is 3.38. The van der Waals surface area contributed by atoms with Crippen LogP contribution in [0.1, 0.15) is 12.5 Å². The molecule has 0 amide bonds. The molecule has 0 radical (unpaired) electrons. The molecule has 0 heterocycles. The maximum atomic E-state index is 9.92. The van der Waals surface area contributed by atoms with E-state index in [1.807, 2.05) is 12.1 Å².